The second-order valence-corrected chi connectivity index (χ2v) is 6.77. The van der Waals surface area contributed by atoms with Gasteiger partial charge in [0.1, 0.15) is 5.82 Å². The number of nitrogens with one attached hydrogen (secondary N) is 1. The predicted octanol–water partition coefficient (Wildman–Crippen LogP) is 3.67. The van der Waals surface area contributed by atoms with Gasteiger partial charge >= 0.3 is 0 Å². The standard InChI is InChI=1S/C20H21N3O4S/c1-25-16-11-14(12-17(26-2)20(16)27-3)6-7-19(24)22-18-8-9-21-23(18)13-15-5-4-10-28-15/h4-12H,13H2,1-3H3,(H,22,24)/b7-6+. The molecule has 28 heavy (non-hydrogen) atoms. The first-order valence-electron chi connectivity index (χ1n) is 8.48. The molecule has 8 heteroatoms. The van der Waals surface area contributed by atoms with Crippen molar-refractivity contribution in [1.29, 1.82) is 0 Å². The minimum absolute atomic E-state index is 0.262. The summed E-state index contributed by atoms with van der Waals surface area (Å²) in [6.45, 7) is 0.608. The predicted molar refractivity (Wildman–Crippen MR) is 109 cm³/mol. The van der Waals surface area contributed by atoms with Crippen LogP contribution in [-0.2, 0) is 11.3 Å². The molecule has 2 aromatic heterocycles. The third-order valence-electron chi connectivity index (χ3n) is 3.97. The van der Waals surface area contributed by atoms with Gasteiger partial charge in [0.25, 0.3) is 0 Å². The lowest BCUT2D eigenvalue weighted by molar-refractivity contribution is -0.111. The number of anilines is 1. The SMILES string of the molecule is COc1cc(/C=C/C(=O)Nc2ccnn2Cc2cccs2)cc(OC)c1OC. The Morgan fingerprint density at radius 3 is 2.54 bits per heavy atom. The molecule has 1 N–H and O–H groups in total. The average Bonchev–Trinajstić information content (AvgIpc) is 3.38. The summed E-state index contributed by atoms with van der Waals surface area (Å²) in [5.41, 5.74) is 0.747. The Bertz CT molecular complexity index is 939. The molecule has 0 radical (unpaired) electrons. The maximum Gasteiger partial charge on any atom is 0.249 e. The number of thiophene rings is 1. The number of ether oxygens (including phenoxy) is 3. The van der Waals surface area contributed by atoms with E-state index in [0.29, 0.717) is 29.6 Å². The number of carbonyl (C=O) groups excluding carboxylic acids is 1. The minimum Gasteiger partial charge on any atom is -0.493 e. The Labute approximate surface area is 167 Å². The van der Waals surface area contributed by atoms with E-state index in [4.69, 9.17) is 14.2 Å². The first-order valence-corrected chi connectivity index (χ1v) is 9.36. The van der Waals surface area contributed by atoms with Gasteiger partial charge in [-0.2, -0.15) is 5.10 Å². The molecule has 2 heterocycles. The number of methoxy groups -OCH3 is 3. The van der Waals surface area contributed by atoms with Gasteiger partial charge in [-0.05, 0) is 35.2 Å². The monoisotopic (exact) mass is 399 g/mol. The third kappa shape index (κ3) is 4.52. The fourth-order valence-electron chi connectivity index (χ4n) is 2.65. The van der Waals surface area contributed by atoms with Crippen LogP contribution in [0, 0.1) is 0 Å². The molecule has 0 aliphatic carbocycles. The van der Waals surface area contributed by atoms with Crippen LogP contribution in [0.15, 0.2) is 48.0 Å². The van der Waals surface area contributed by atoms with Crippen LogP contribution in [-0.4, -0.2) is 37.0 Å². The zero-order valence-corrected chi connectivity index (χ0v) is 16.7. The van der Waals surface area contributed by atoms with Crippen molar-refractivity contribution in [2.24, 2.45) is 0 Å². The van der Waals surface area contributed by atoms with E-state index in [1.54, 1.807) is 67.8 Å². The molecule has 0 fully saturated rings. The molecule has 0 aliphatic rings. The number of carbonyl (C=O) groups is 1. The second-order valence-electron chi connectivity index (χ2n) is 5.73. The van der Waals surface area contributed by atoms with Gasteiger partial charge in [0.05, 0.1) is 34.1 Å². The molecule has 3 rings (SSSR count). The molecule has 3 aromatic rings. The van der Waals surface area contributed by atoms with Crippen LogP contribution in [0.1, 0.15) is 10.4 Å². The quantitative estimate of drug-likeness (QED) is 0.585. The molecule has 1 aromatic carbocycles. The van der Waals surface area contributed by atoms with Gasteiger partial charge in [-0.15, -0.1) is 11.3 Å². The zero-order chi connectivity index (χ0) is 19.9. The number of aromatic nitrogens is 2. The molecule has 0 atom stereocenters. The lowest BCUT2D eigenvalue weighted by atomic mass is 10.1. The molecule has 0 spiro atoms. The second kappa shape index (κ2) is 9.09. The van der Waals surface area contributed by atoms with Crippen molar-refractivity contribution in [2.45, 2.75) is 6.54 Å². The van der Waals surface area contributed by atoms with Crippen molar-refractivity contribution in [1.82, 2.24) is 9.78 Å². The van der Waals surface area contributed by atoms with Crippen LogP contribution < -0.4 is 19.5 Å². The summed E-state index contributed by atoms with van der Waals surface area (Å²) in [6.07, 6.45) is 4.79. The Morgan fingerprint density at radius 1 is 1.18 bits per heavy atom. The van der Waals surface area contributed by atoms with Crippen LogP contribution in [0.3, 0.4) is 0 Å². The van der Waals surface area contributed by atoms with Crippen molar-refractivity contribution in [2.75, 3.05) is 26.6 Å². The highest BCUT2D eigenvalue weighted by Crippen LogP contribution is 2.38. The van der Waals surface area contributed by atoms with E-state index < -0.39 is 0 Å². The number of rotatable bonds is 8. The van der Waals surface area contributed by atoms with Crippen LogP contribution >= 0.6 is 11.3 Å². The maximum atomic E-state index is 12.3. The number of hydrogen-bond donors (Lipinski definition) is 1. The molecule has 0 unspecified atom stereocenters. The Balaban J connectivity index is 1.72. The lowest BCUT2D eigenvalue weighted by Crippen LogP contribution is -2.13. The topological polar surface area (TPSA) is 74.6 Å². The Hall–Kier alpha value is -3.26. The summed E-state index contributed by atoms with van der Waals surface area (Å²) in [6, 6.07) is 9.32. The lowest BCUT2D eigenvalue weighted by Gasteiger charge is -2.12. The fourth-order valence-corrected chi connectivity index (χ4v) is 3.34. The van der Waals surface area contributed by atoms with Crippen molar-refractivity contribution in [3.05, 3.63) is 58.4 Å². The van der Waals surface area contributed by atoms with Gasteiger partial charge in [0.15, 0.2) is 11.5 Å². The highest BCUT2D eigenvalue weighted by molar-refractivity contribution is 7.09. The van der Waals surface area contributed by atoms with Gasteiger partial charge in [-0.3, -0.25) is 4.79 Å². The molecule has 0 saturated carbocycles. The van der Waals surface area contributed by atoms with Crippen molar-refractivity contribution < 1.29 is 19.0 Å². The van der Waals surface area contributed by atoms with Gasteiger partial charge in [0.2, 0.25) is 11.7 Å². The number of nitrogens with zero attached hydrogens (tertiary/aromatic N) is 2. The highest BCUT2D eigenvalue weighted by Gasteiger charge is 2.12. The average molecular weight is 399 g/mol. The highest BCUT2D eigenvalue weighted by atomic mass is 32.1. The zero-order valence-electron chi connectivity index (χ0n) is 15.8. The molecule has 0 aliphatic heterocycles. The van der Waals surface area contributed by atoms with E-state index in [2.05, 4.69) is 10.4 Å². The van der Waals surface area contributed by atoms with E-state index >= 15 is 0 Å². The molecule has 7 nitrogen and oxygen atoms in total. The van der Waals surface area contributed by atoms with Crippen LogP contribution in [0.2, 0.25) is 0 Å². The van der Waals surface area contributed by atoms with Crippen LogP contribution in [0.4, 0.5) is 5.82 Å². The van der Waals surface area contributed by atoms with Gasteiger partial charge in [0, 0.05) is 17.0 Å². The van der Waals surface area contributed by atoms with Crippen molar-refractivity contribution in [3.63, 3.8) is 0 Å². The van der Waals surface area contributed by atoms with Gasteiger partial charge < -0.3 is 19.5 Å². The number of hydrogen-bond acceptors (Lipinski definition) is 6. The smallest absolute Gasteiger partial charge is 0.249 e. The van der Waals surface area contributed by atoms with E-state index in [1.807, 2.05) is 17.5 Å². The van der Waals surface area contributed by atoms with E-state index in [0.717, 1.165) is 10.4 Å². The molecule has 146 valence electrons. The normalized spacial score (nSPS) is 10.8. The molecule has 0 bridgehead atoms. The largest absolute Gasteiger partial charge is 0.493 e. The molecule has 1 amide bonds. The van der Waals surface area contributed by atoms with Crippen LogP contribution in [0.5, 0.6) is 17.2 Å². The molecular weight excluding hydrogens is 378 g/mol. The number of amides is 1. The van der Waals surface area contributed by atoms with Crippen LogP contribution in [0.25, 0.3) is 6.08 Å². The minimum atomic E-state index is -0.262. The van der Waals surface area contributed by atoms with Gasteiger partial charge in [-0.1, -0.05) is 6.07 Å². The third-order valence-corrected chi connectivity index (χ3v) is 4.83. The van der Waals surface area contributed by atoms with Gasteiger partial charge in [-0.25, -0.2) is 4.68 Å². The summed E-state index contributed by atoms with van der Waals surface area (Å²) in [7, 11) is 4.64. The molecular formula is C20H21N3O4S. The first-order chi connectivity index (χ1) is 13.6. The summed E-state index contributed by atoms with van der Waals surface area (Å²) < 4.78 is 17.7. The summed E-state index contributed by atoms with van der Waals surface area (Å²) in [4.78, 5) is 13.5. The summed E-state index contributed by atoms with van der Waals surface area (Å²) in [5.74, 6) is 1.92. The Morgan fingerprint density at radius 2 is 1.93 bits per heavy atom. The maximum absolute atomic E-state index is 12.3. The Kier molecular flexibility index (Phi) is 6.33. The number of benzene rings is 1. The van der Waals surface area contributed by atoms with Crippen molar-refractivity contribution in [3.8, 4) is 17.2 Å². The fraction of sp³-hybridized carbons (Fsp3) is 0.200. The van der Waals surface area contributed by atoms with Crippen molar-refractivity contribution >= 4 is 29.1 Å². The van der Waals surface area contributed by atoms with E-state index in [1.165, 1.54) is 6.08 Å². The first kappa shape index (κ1) is 19.5. The van der Waals surface area contributed by atoms with E-state index in [-0.39, 0.29) is 5.91 Å². The molecule has 0 saturated heterocycles. The summed E-state index contributed by atoms with van der Waals surface area (Å²) >= 11 is 1.64. The summed E-state index contributed by atoms with van der Waals surface area (Å²) in [5, 5.41) is 9.12. The van der Waals surface area contributed by atoms with E-state index in [9.17, 15) is 4.79 Å².